The summed E-state index contributed by atoms with van der Waals surface area (Å²) < 4.78 is 7.47. The molecule has 0 atom stereocenters. The molecule has 1 fully saturated rings. The van der Waals surface area contributed by atoms with Crippen molar-refractivity contribution in [2.75, 3.05) is 26.8 Å². The predicted molar refractivity (Wildman–Crippen MR) is 142 cm³/mol. The normalized spacial score (nSPS) is 13.9. The van der Waals surface area contributed by atoms with Crippen LogP contribution in [0.2, 0.25) is 0 Å². The number of carbonyl (C=O) groups excluding carboxylic acids is 2. The molecule has 1 saturated carbocycles. The van der Waals surface area contributed by atoms with Crippen LogP contribution in [0.5, 0.6) is 0 Å². The Labute approximate surface area is 214 Å². The fourth-order valence-corrected chi connectivity index (χ4v) is 4.99. The summed E-state index contributed by atoms with van der Waals surface area (Å²) >= 11 is 0. The van der Waals surface area contributed by atoms with E-state index in [4.69, 9.17) is 4.74 Å². The molecule has 0 aliphatic heterocycles. The highest BCUT2D eigenvalue weighted by atomic mass is 16.5. The van der Waals surface area contributed by atoms with Gasteiger partial charge in [-0.15, -0.1) is 0 Å². The van der Waals surface area contributed by atoms with Gasteiger partial charge in [-0.2, -0.15) is 0 Å². The van der Waals surface area contributed by atoms with E-state index in [1.165, 1.54) is 12.0 Å². The highest BCUT2D eigenvalue weighted by Crippen LogP contribution is 2.25. The molecule has 0 saturated heterocycles. The number of nitrogens with zero attached hydrogens (tertiary/aromatic N) is 3. The molecule has 6 heteroatoms. The van der Waals surface area contributed by atoms with Crippen LogP contribution >= 0.6 is 0 Å². The first-order valence-electron chi connectivity index (χ1n) is 13.0. The molecule has 0 N–H and O–H groups in total. The summed E-state index contributed by atoms with van der Waals surface area (Å²) in [6, 6.07) is 23.9. The Balaban J connectivity index is 1.53. The summed E-state index contributed by atoms with van der Waals surface area (Å²) in [6.45, 7) is 2.12. The molecule has 3 aromatic rings. The van der Waals surface area contributed by atoms with E-state index in [-0.39, 0.29) is 24.4 Å². The maximum atomic E-state index is 13.8. The van der Waals surface area contributed by atoms with Gasteiger partial charge < -0.3 is 19.1 Å². The lowest BCUT2D eigenvalue weighted by Crippen LogP contribution is -2.48. The number of hydrogen-bond donors (Lipinski definition) is 0. The van der Waals surface area contributed by atoms with E-state index >= 15 is 0 Å². The minimum Gasteiger partial charge on any atom is -0.383 e. The Morgan fingerprint density at radius 1 is 0.917 bits per heavy atom. The zero-order valence-electron chi connectivity index (χ0n) is 21.2. The second-order valence-corrected chi connectivity index (χ2v) is 9.51. The number of aromatic nitrogens is 1. The number of methoxy groups -OCH3 is 1. The molecule has 0 unspecified atom stereocenters. The van der Waals surface area contributed by atoms with Crippen LogP contribution in [-0.4, -0.2) is 59.0 Å². The summed E-state index contributed by atoms with van der Waals surface area (Å²) in [7, 11) is 1.61. The van der Waals surface area contributed by atoms with Crippen molar-refractivity contribution in [1.29, 1.82) is 0 Å². The van der Waals surface area contributed by atoms with Crippen LogP contribution in [0.4, 0.5) is 0 Å². The third-order valence-corrected chi connectivity index (χ3v) is 6.99. The summed E-state index contributed by atoms with van der Waals surface area (Å²) in [5, 5.41) is 0. The van der Waals surface area contributed by atoms with Gasteiger partial charge in [-0.3, -0.25) is 9.59 Å². The number of amides is 2. The van der Waals surface area contributed by atoms with Gasteiger partial charge in [0.1, 0.15) is 6.54 Å². The third-order valence-electron chi connectivity index (χ3n) is 6.99. The summed E-state index contributed by atoms with van der Waals surface area (Å²) in [5.74, 6) is -0.146. The quantitative estimate of drug-likeness (QED) is 0.383. The molecular formula is C30H37N3O3. The van der Waals surface area contributed by atoms with Gasteiger partial charge in [-0.1, -0.05) is 67.8 Å². The van der Waals surface area contributed by atoms with Crippen LogP contribution in [0.15, 0.2) is 79.0 Å². The average molecular weight is 488 g/mol. The second kappa shape index (κ2) is 13.1. The van der Waals surface area contributed by atoms with Gasteiger partial charge in [-0.25, -0.2) is 0 Å². The molecule has 2 aromatic carbocycles. The summed E-state index contributed by atoms with van der Waals surface area (Å²) in [4.78, 5) is 30.7. The molecule has 1 aliphatic carbocycles. The lowest BCUT2D eigenvalue weighted by Gasteiger charge is -2.36. The fourth-order valence-electron chi connectivity index (χ4n) is 4.99. The van der Waals surface area contributed by atoms with E-state index in [2.05, 4.69) is 41.1 Å². The molecule has 1 aliphatic rings. The minimum atomic E-state index is -0.142. The van der Waals surface area contributed by atoms with Crippen molar-refractivity contribution >= 4 is 11.8 Å². The van der Waals surface area contributed by atoms with E-state index in [0.29, 0.717) is 25.3 Å². The van der Waals surface area contributed by atoms with Crippen LogP contribution in [0, 0.1) is 0 Å². The van der Waals surface area contributed by atoms with Crippen LogP contribution in [0.25, 0.3) is 0 Å². The van der Waals surface area contributed by atoms with Crippen molar-refractivity contribution in [2.24, 2.45) is 0 Å². The van der Waals surface area contributed by atoms with Crippen molar-refractivity contribution in [1.82, 2.24) is 14.4 Å². The number of hydrogen-bond acceptors (Lipinski definition) is 3. The number of carbonyl (C=O) groups is 2. The Bertz CT molecular complexity index is 1090. The van der Waals surface area contributed by atoms with E-state index < -0.39 is 0 Å². The Morgan fingerprint density at radius 3 is 2.31 bits per heavy atom. The average Bonchev–Trinajstić information content (AvgIpc) is 3.37. The van der Waals surface area contributed by atoms with E-state index in [9.17, 15) is 9.59 Å². The van der Waals surface area contributed by atoms with Crippen molar-refractivity contribution in [3.8, 4) is 0 Å². The van der Waals surface area contributed by atoms with E-state index in [0.717, 1.165) is 37.9 Å². The zero-order chi connectivity index (χ0) is 25.2. The first-order valence-corrected chi connectivity index (χ1v) is 13.0. The summed E-state index contributed by atoms with van der Waals surface area (Å²) in [5.41, 5.74) is 2.92. The topological polar surface area (TPSA) is 54.8 Å². The zero-order valence-corrected chi connectivity index (χ0v) is 21.2. The van der Waals surface area contributed by atoms with Gasteiger partial charge in [0.05, 0.1) is 13.2 Å². The lowest BCUT2D eigenvalue weighted by atomic mass is 9.94. The van der Waals surface area contributed by atoms with Gasteiger partial charge in [-0.05, 0) is 42.7 Å². The summed E-state index contributed by atoms with van der Waals surface area (Å²) in [6.07, 6.45) is 7.59. The predicted octanol–water partition coefficient (Wildman–Crippen LogP) is 4.99. The molecule has 4 rings (SSSR count). The third kappa shape index (κ3) is 6.85. The highest BCUT2D eigenvalue weighted by Gasteiger charge is 2.29. The molecule has 1 heterocycles. The Morgan fingerprint density at radius 2 is 1.61 bits per heavy atom. The van der Waals surface area contributed by atoms with Crippen LogP contribution in [0.1, 0.15) is 53.7 Å². The molecule has 6 nitrogen and oxygen atoms in total. The smallest absolute Gasteiger partial charge is 0.254 e. The maximum Gasteiger partial charge on any atom is 0.254 e. The van der Waals surface area contributed by atoms with Crippen LogP contribution in [-0.2, 0) is 22.6 Å². The molecule has 0 radical (unpaired) electrons. The first kappa shape index (κ1) is 25.7. The Hall–Kier alpha value is -3.38. The number of ether oxygens (including phenoxy) is 1. The van der Waals surface area contributed by atoms with Crippen molar-refractivity contribution < 1.29 is 14.3 Å². The first-order chi connectivity index (χ1) is 17.7. The maximum absolute atomic E-state index is 13.8. The van der Waals surface area contributed by atoms with Gasteiger partial charge in [0.25, 0.3) is 5.91 Å². The van der Waals surface area contributed by atoms with Gasteiger partial charge in [0.15, 0.2) is 0 Å². The molecular weight excluding hydrogens is 450 g/mol. The number of rotatable bonds is 11. The molecule has 1 aromatic heterocycles. The van der Waals surface area contributed by atoms with Crippen LogP contribution < -0.4 is 0 Å². The molecule has 0 spiro atoms. The van der Waals surface area contributed by atoms with Crippen LogP contribution in [0.3, 0.4) is 0 Å². The monoisotopic (exact) mass is 487 g/mol. The Kier molecular flexibility index (Phi) is 9.33. The van der Waals surface area contributed by atoms with E-state index in [1.807, 2.05) is 35.2 Å². The molecule has 0 bridgehead atoms. The van der Waals surface area contributed by atoms with E-state index in [1.54, 1.807) is 24.1 Å². The van der Waals surface area contributed by atoms with Gasteiger partial charge in [0, 0.05) is 43.7 Å². The number of benzene rings is 2. The lowest BCUT2D eigenvalue weighted by molar-refractivity contribution is -0.135. The van der Waals surface area contributed by atoms with Crippen molar-refractivity contribution in [3.63, 3.8) is 0 Å². The van der Waals surface area contributed by atoms with Crippen molar-refractivity contribution in [2.45, 2.75) is 51.2 Å². The highest BCUT2D eigenvalue weighted by molar-refractivity contribution is 5.96. The fraction of sp³-hybridized carbons (Fsp3) is 0.400. The SMILES string of the molecule is COCCN(CC(=O)N(Cc1cccn1Cc1ccccc1)C1CCCCC1)C(=O)c1ccccc1. The second-order valence-electron chi connectivity index (χ2n) is 9.51. The van der Waals surface area contributed by atoms with Gasteiger partial charge in [0.2, 0.25) is 5.91 Å². The van der Waals surface area contributed by atoms with Crippen molar-refractivity contribution in [3.05, 3.63) is 95.8 Å². The molecule has 190 valence electrons. The molecule has 36 heavy (non-hydrogen) atoms. The molecule has 2 amide bonds. The minimum absolute atomic E-state index is 0.00487. The largest absolute Gasteiger partial charge is 0.383 e. The standard InChI is InChI=1S/C30H37N3O3/c1-36-21-20-32(30(35)26-14-7-3-8-15-26)24-29(34)33(27-16-9-4-10-17-27)23-28-18-11-19-31(28)22-25-12-5-2-6-13-25/h2-3,5-8,11-15,18-19,27H,4,9-10,16-17,20-24H2,1H3. The van der Waals surface area contributed by atoms with Gasteiger partial charge >= 0.3 is 0 Å².